The molecule has 0 heterocycles. The van der Waals surface area contributed by atoms with Crippen LogP contribution >= 0.6 is 0 Å². The Morgan fingerprint density at radius 1 is 0.522 bits per heavy atom. The van der Waals surface area contributed by atoms with Gasteiger partial charge in [-0.3, -0.25) is 0 Å². The molecule has 0 saturated heterocycles. The molecule has 0 saturated carbocycles. The highest BCUT2D eigenvalue weighted by Gasteiger charge is 2.38. The molecule has 0 spiro atoms. The van der Waals surface area contributed by atoms with Crippen LogP contribution in [0, 0.1) is 0 Å². The average molecular weight is 590 g/mol. The predicted octanol–water partition coefficient (Wildman–Crippen LogP) is 5.07. The predicted molar refractivity (Wildman–Crippen MR) is 203 cm³/mol. The summed E-state index contributed by atoms with van der Waals surface area (Å²) in [7, 11) is 5.93. The topological polar surface area (TPSA) is 40.5 Å². The standard InChI is InChI=1S/C41H33B3O2/c1-41(2)29-18-22(16-17-27(29)33-28-13-7-8-20-14-15-21(31(20)28)19-30(33)41)32-23-9-3-5-11-25(23)34(26-12-6-4-10-24(26)32)35-36(42)37(43)38(44)40(46)39(35)45/h3-13,16-19,45-46H,14-15,42-44H2,1-2H3. The summed E-state index contributed by atoms with van der Waals surface area (Å²) >= 11 is 0. The second-order valence-corrected chi connectivity index (χ2v) is 14.0. The van der Waals surface area contributed by atoms with E-state index in [1.807, 2.05) is 23.5 Å². The van der Waals surface area contributed by atoms with Crippen molar-refractivity contribution in [3.63, 3.8) is 0 Å². The summed E-state index contributed by atoms with van der Waals surface area (Å²) in [5.74, 6) is -0.0955. The van der Waals surface area contributed by atoms with E-state index in [9.17, 15) is 10.2 Å². The fraction of sp³-hybridized carbons (Fsp3) is 0.122. The molecule has 0 aliphatic heterocycles. The third kappa shape index (κ3) is 3.41. The third-order valence-electron chi connectivity index (χ3n) is 11.4. The van der Waals surface area contributed by atoms with Gasteiger partial charge in [0.15, 0.2) is 11.5 Å². The van der Waals surface area contributed by atoms with E-state index in [1.165, 1.54) is 55.3 Å². The lowest BCUT2D eigenvalue weighted by atomic mass is 9.68. The van der Waals surface area contributed by atoms with Crippen LogP contribution in [0.4, 0.5) is 0 Å². The zero-order valence-corrected chi connectivity index (χ0v) is 27.0. The molecule has 2 nitrogen and oxygen atoms in total. The van der Waals surface area contributed by atoms with Crippen LogP contribution in [-0.4, -0.2) is 33.8 Å². The lowest BCUT2D eigenvalue weighted by Gasteiger charge is -2.24. The van der Waals surface area contributed by atoms with Crippen LogP contribution < -0.4 is 16.4 Å². The van der Waals surface area contributed by atoms with E-state index in [-0.39, 0.29) is 16.9 Å². The van der Waals surface area contributed by atoms with E-state index in [4.69, 9.17) is 0 Å². The van der Waals surface area contributed by atoms with Crippen molar-refractivity contribution in [3.8, 4) is 44.9 Å². The van der Waals surface area contributed by atoms with E-state index in [0.29, 0.717) is 11.0 Å². The largest absolute Gasteiger partial charge is 0.505 e. The van der Waals surface area contributed by atoms with Gasteiger partial charge in [0.2, 0.25) is 0 Å². The molecule has 0 amide bonds. The normalized spacial score (nSPS) is 14.3. The molecule has 2 aliphatic rings. The number of aryl methyl sites for hydroxylation is 2. The second kappa shape index (κ2) is 9.33. The lowest BCUT2D eigenvalue weighted by molar-refractivity contribution is 0.409. The number of rotatable bonds is 2. The molecule has 0 unspecified atom stereocenters. The van der Waals surface area contributed by atoms with Gasteiger partial charge in [-0.05, 0) is 95.7 Å². The third-order valence-corrected chi connectivity index (χ3v) is 11.4. The van der Waals surface area contributed by atoms with Crippen LogP contribution in [0.15, 0.2) is 91.0 Å². The summed E-state index contributed by atoms with van der Waals surface area (Å²) < 4.78 is 0. The Morgan fingerprint density at radius 3 is 1.80 bits per heavy atom. The molecule has 9 rings (SSSR count). The molecule has 2 N–H and O–H groups in total. The van der Waals surface area contributed by atoms with Gasteiger partial charge in [0.05, 0.1) is 0 Å². The molecule has 5 heteroatoms. The number of phenolic OH excluding ortho intramolecular Hbond substituents is 2. The summed E-state index contributed by atoms with van der Waals surface area (Å²) in [6.45, 7) is 4.77. The highest BCUT2D eigenvalue weighted by Crippen LogP contribution is 2.55. The molecule has 2 aliphatic carbocycles. The number of benzene rings is 7. The Bertz CT molecular complexity index is 2420. The van der Waals surface area contributed by atoms with Gasteiger partial charge in [0.1, 0.15) is 23.5 Å². The zero-order chi connectivity index (χ0) is 31.6. The first kappa shape index (κ1) is 27.4. The Labute approximate surface area is 272 Å². The summed E-state index contributed by atoms with van der Waals surface area (Å²) in [6, 6.07) is 33.5. The Hall–Kier alpha value is -4.89. The summed E-state index contributed by atoms with van der Waals surface area (Å²) in [5, 5.41) is 29.7. The summed E-state index contributed by atoms with van der Waals surface area (Å²) in [5.41, 5.74) is 15.1. The number of hydrogen-bond donors (Lipinski definition) is 2. The van der Waals surface area contributed by atoms with Crippen LogP contribution in [0.2, 0.25) is 0 Å². The van der Waals surface area contributed by atoms with E-state index < -0.39 is 0 Å². The first-order valence-electron chi connectivity index (χ1n) is 16.4. The van der Waals surface area contributed by atoms with Crippen molar-refractivity contribution < 1.29 is 10.2 Å². The van der Waals surface area contributed by atoms with Gasteiger partial charge in [-0.15, -0.1) is 0 Å². The summed E-state index contributed by atoms with van der Waals surface area (Å²) in [6.07, 6.45) is 2.26. The van der Waals surface area contributed by atoms with Crippen LogP contribution in [0.25, 0.3) is 65.7 Å². The average Bonchev–Trinajstić information content (AvgIpc) is 3.59. The van der Waals surface area contributed by atoms with Gasteiger partial charge in [0, 0.05) is 16.5 Å². The maximum absolute atomic E-state index is 11.5. The molecule has 0 radical (unpaired) electrons. The van der Waals surface area contributed by atoms with Crippen molar-refractivity contribution in [2.45, 2.75) is 32.1 Å². The fourth-order valence-corrected chi connectivity index (χ4v) is 8.82. The highest BCUT2D eigenvalue weighted by molar-refractivity contribution is 6.60. The number of aromatic hydroxyl groups is 2. The van der Waals surface area contributed by atoms with Gasteiger partial charge in [-0.2, -0.15) is 0 Å². The first-order valence-corrected chi connectivity index (χ1v) is 16.4. The van der Waals surface area contributed by atoms with Crippen LogP contribution in [-0.2, 0) is 18.3 Å². The minimum absolute atomic E-state index is 0.0433. The molecule has 218 valence electrons. The Balaban J connectivity index is 1.35. The van der Waals surface area contributed by atoms with Gasteiger partial charge in [-0.25, -0.2) is 0 Å². The van der Waals surface area contributed by atoms with Gasteiger partial charge in [0.25, 0.3) is 0 Å². The molecule has 7 aromatic rings. The monoisotopic (exact) mass is 590 g/mol. The molecule has 0 fully saturated rings. The quantitative estimate of drug-likeness (QED) is 0.168. The highest BCUT2D eigenvalue weighted by atomic mass is 16.3. The Morgan fingerprint density at radius 2 is 1.13 bits per heavy atom. The van der Waals surface area contributed by atoms with Crippen molar-refractivity contribution in [2.24, 2.45) is 0 Å². The van der Waals surface area contributed by atoms with Crippen molar-refractivity contribution in [1.29, 1.82) is 0 Å². The number of phenols is 2. The molecule has 0 atom stereocenters. The zero-order valence-electron chi connectivity index (χ0n) is 27.0. The van der Waals surface area contributed by atoms with Crippen molar-refractivity contribution in [3.05, 3.63) is 113 Å². The summed E-state index contributed by atoms with van der Waals surface area (Å²) in [4.78, 5) is 0. The van der Waals surface area contributed by atoms with Crippen LogP contribution in [0.5, 0.6) is 11.5 Å². The fourth-order valence-electron chi connectivity index (χ4n) is 8.82. The van der Waals surface area contributed by atoms with Crippen molar-refractivity contribution in [1.82, 2.24) is 0 Å². The SMILES string of the molecule is Bc1c(B)c(O)c(O)c(-c2c3ccccc3c(-c3ccc4c(c3)C(C)(C)c3cc5c6c(cccc6c3-4)CC5)c3ccccc23)c1B. The maximum Gasteiger partial charge on any atom is 0.164 e. The molecule has 0 bridgehead atoms. The van der Waals surface area contributed by atoms with Gasteiger partial charge >= 0.3 is 0 Å². The number of fused-ring (bicyclic) bond motifs is 6. The molecule has 0 aromatic heterocycles. The van der Waals surface area contributed by atoms with E-state index in [0.717, 1.165) is 50.9 Å². The molecule has 46 heavy (non-hydrogen) atoms. The van der Waals surface area contributed by atoms with Crippen molar-refractivity contribution >= 4 is 72.2 Å². The molecular weight excluding hydrogens is 557 g/mol. The Kier molecular flexibility index (Phi) is 5.56. The number of hydrogen-bond acceptors (Lipinski definition) is 2. The van der Waals surface area contributed by atoms with E-state index >= 15 is 0 Å². The first-order chi connectivity index (χ1) is 22.2. The van der Waals surface area contributed by atoms with Gasteiger partial charge < -0.3 is 10.2 Å². The van der Waals surface area contributed by atoms with Gasteiger partial charge in [-0.1, -0.05) is 115 Å². The van der Waals surface area contributed by atoms with Crippen LogP contribution in [0.3, 0.4) is 0 Å². The molecule has 7 aromatic carbocycles. The maximum atomic E-state index is 11.5. The van der Waals surface area contributed by atoms with E-state index in [2.05, 4.69) is 105 Å². The molecular formula is C41H33B3O2. The smallest absolute Gasteiger partial charge is 0.164 e. The minimum atomic E-state index is -0.130. The van der Waals surface area contributed by atoms with Crippen molar-refractivity contribution in [2.75, 3.05) is 0 Å². The van der Waals surface area contributed by atoms with E-state index in [1.54, 1.807) is 0 Å². The van der Waals surface area contributed by atoms with Crippen LogP contribution in [0.1, 0.15) is 36.1 Å². The lowest BCUT2D eigenvalue weighted by Crippen LogP contribution is -2.40. The minimum Gasteiger partial charge on any atom is -0.505 e. The second-order valence-electron chi connectivity index (χ2n) is 14.0.